The number of hydrogen-bond acceptors (Lipinski definition) is 2. The van der Waals surface area contributed by atoms with Crippen LogP contribution in [-0.2, 0) is 4.79 Å². The molecule has 0 aromatic carbocycles. The molecule has 0 saturated carbocycles. The van der Waals surface area contributed by atoms with Crippen LogP contribution in [0.3, 0.4) is 0 Å². The average molecular weight is 191 g/mol. The van der Waals surface area contributed by atoms with E-state index in [9.17, 15) is 9.18 Å². The Morgan fingerprint density at radius 3 is 2.62 bits per heavy atom. The number of rotatable bonds is 7. The third kappa shape index (κ3) is 6.51. The Hall–Kier alpha value is -0.640. The SMILES string of the molecule is CC(CCF)C[C@H](CN)CC(=O)O. The number of aliphatic carboxylic acids is 1. The number of carboxylic acid groups (broad SMARTS) is 1. The van der Waals surface area contributed by atoms with E-state index in [4.69, 9.17) is 10.8 Å². The molecule has 4 heteroatoms. The van der Waals surface area contributed by atoms with E-state index in [2.05, 4.69) is 0 Å². The van der Waals surface area contributed by atoms with Crippen LogP contribution >= 0.6 is 0 Å². The second-order valence-corrected chi connectivity index (χ2v) is 3.52. The highest BCUT2D eigenvalue weighted by atomic mass is 19.1. The lowest BCUT2D eigenvalue weighted by Crippen LogP contribution is -2.20. The molecule has 0 heterocycles. The summed E-state index contributed by atoms with van der Waals surface area (Å²) in [4.78, 5) is 10.4. The van der Waals surface area contributed by atoms with E-state index in [0.29, 0.717) is 19.4 Å². The van der Waals surface area contributed by atoms with Gasteiger partial charge >= 0.3 is 5.97 Å². The summed E-state index contributed by atoms with van der Waals surface area (Å²) in [7, 11) is 0. The van der Waals surface area contributed by atoms with E-state index in [0.717, 1.165) is 0 Å². The molecule has 0 radical (unpaired) electrons. The fourth-order valence-corrected chi connectivity index (χ4v) is 1.38. The molecule has 0 aromatic heterocycles. The van der Waals surface area contributed by atoms with Crippen molar-refractivity contribution in [3.8, 4) is 0 Å². The predicted molar refractivity (Wildman–Crippen MR) is 49.2 cm³/mol. The highest BCUT2D eigenvalue weighted by Gasteiger charge is 2.14. The zero-order valence-electron chi connectivity index (χ0n) is 8.00. The van der Waals surface area contributed by atoms with Crippen LogP contribution in [0.1, 0.15) is 26.2 Å². The van der Waals surface area contributed by atoms with Gasteiger partial charge in [-0.25, -0.2) is 0 Å². The third-order valence-corrected chi connectivity index (χ3v) is 2.13. The second kappa shape index (κ2) is 6.83. The maximum absolute atomic E-state index is 11.9. The molecule has 13 heavy (non-hydrogen) atoms. The van der Waals surface area contributed by atoms with Crippen LogP contribution in [-0.4, -0.2) is 24.3 Å². The minimum absolute atomic E-state index is 0.0148. The normalized spacial score (nSPS) is 15.3. The van der Waals surface area contributed by atoms with Crippen LogP contribution in [0.5, 0.6) is 0 Å². The van der Waals surface area contributed by atoms with E-state index in [-0.39, 0.29) is 24.9 Å². The fraction of sp³-hybridized carbons (Fsp3) is 0.889. The second-order valence-electron chi connectivity index (χ2n) is 3.52. The molecule has 3 nitrogen and oxygen atoms in total. The predicted octanol–water partition coefficient (Wildman–Crippen LogP) is 1.42. The zero-order chi connectivity index (χ0) is 10.3. The van der Waals surface area contributed by atoms with Crippen molar-refractivity contribution in [3.05, 3.63) is 0 Å². The van der Waals surface area contributed by atoms with Crippen molar-refractivity contribution in [2.24, 2.45) is 17.6 Å². The molecular formula is C9H18FNO2. The molecule has 2 atom stereocenters. The maximum Gasteiger partial charge on any atom is 0.303 e. The average Bonchev–Trinajstić information content (AvgIpc) is 2.02. The molecule has 0 aromatic rings. The monoisotopic (exact) mass is 191 g/mol. The molecule has 0 aliphatic carbocycles. The smallest absolute Gasteiger partial charge is 0.303 e. The van der Waals surface area contributed by atoms with E-state index >= 15 is 0 Å². The number of nitrogens with two attached hydrogens (primary N) is 1. The lowest BCUT2D eigenvalue weighted by Gasteiger charge is -2.16. The highest BCUT2D eigenvalue weighted by molar-refractivity contribution is 5.67. The summed E-state index contributed by atoms with van der Waals surface area (Å²) in [5, 5.41) is 8.53. The summed E-state index contributed by atoms with van der Waals surface area (Å²) in [5.74, 6) is -0.625. The number of halogens is 1. The van der Waals surface area contributed by atoms with Gasteiger partial charge in [0.2, 0.25) is 0 Å². The van der Waals surface area contributed by atoms with E-state index in [1.807, 2.05) is 6.92 Å². The van der Waals surface area contributed by atoms with Gasteiger partial charge in [-0.3, -0.25) is 9.18 Å². The molecular weight excluding hydrogens is 173 g/mol. The number of carboxylic acids is 1. The maximum atomic E-state index is 11.9. The summed E-state index contributed by atoms with van der Waals surface area (Å²) >= 11 is 0. The summed E-state index contributed by atoms with van der Waals surface area (Å²) < 4.78 is 11.9. The molecule has 0 rings (SSSR count). The van der Waals surface area contributed by atoms with Crippen LogP contribution in [0.25, 0.3) is 0 Å². The van der Waals surface area contributed by atoms with Gasteiger partial charge in [0.1, 0.15) is 0 Å². The van der Waals surface area contributed by atoms with Crippen molar-refractivity contribution in [1.82, 2.24) is 0 Å². The lowest BCUT2D eigenvalue weighted by atomic mass is 9.91. The summed E-state index contributed by atoms with van der Waals surface area (Å²) in [6.45, 7) is 1.94. The van der Waals surface area contributed by atoms with Crippen molar-refractivity contribution < 1.29 is 14.3 Å². The first-order valence-corrected chi connectivity index (χ1v) is 4.58. The topological polar surface area (TPSA) is 63.3 Å². The van der Waals surface area contributed by atoms with Gasteiger partial charge in [0.05, 0.1) is 6.67 Å². The molecule has 0 aliphatic heterocycles. The van der Waals surface area contributed by atoms with Gasteiger partial charge in [-0.1, -0.05) is 6.92 Å². The van der Waals surface area contributed by atoms with Crippen molar-refractivity contribution in [2.75, 3.05) is 13.2 Å². The third-order valence-electron chi connectivity index (χ3n) is 2.13. The van der Waals surface area contributed by atoms with Gasteiger partial charge < -0.3 is 10.8 Å². The van der Waals surface area contributed by atoms with Crippen molar-refractivity contribution in [2.45, 2.75) is 26.2 Å². The van der Waals surface area contributed by atoms with Gasteiger partial charge in [-0.15, -0.1) is 0 Å². The van der Waals surface area contributed by atoms with Crippen LogP contribution in [0.4, 0.5) is 4.39 Å². The first kappa shape index (κ1) is 12.4. The highest BCUT2D eigenvalue weighted by Crippen LogP contribution is 2.17. The van der Waals surface area contributed by atoms with Crippen molar-refractivity contribution >= 4 is 5.97 Å². The molecule has 0 saturated heterocycles. The van der Waals surface area contributed by atoms with Gasteiger partial charge in [-0.2, -0.15) is 0 Å². The van der Waals surface area contributed by atoms with Gasteiger partial charge in [-0.05, 0) is 31.2 Å². The standard InChI is InChI=1S/C9H18FNO2/c1-7(2-3-10)4-8(6-11)5-9(12)13/h7-8H,2-6,11H2,1H3,(H,12,13)/t7?,8-/m0/s1. The first-order chi connectivity index (χ1) is 6.10. The van der Waals surface area contributed by atoms with Crippen LogP contribution in [0.2, 0.25) is 0 Å². The Morgan fingerprint density at radius 1 is 1.62 bits per heavy atom. The van der Waals surface area contributed by atoms with Crippen LogP contribution in [0, 0.1) is 11.8 Å². The number of alkyl halides is 1. The molecule has 78 valence electrons. The van der Waals surface area contributed by atoms with Crippen molar-refractivity contribution in [3.63, 3.8) is 0 Å². The largest absolute Gasteiger partial charge is 0.481 e. The van der Waals surface area contributed by atoms with Gasteiger partial charge in [0.25, 0.3) is 0 Å². The molecule has 0 fully saturated rings. The van der Waals surface area contributed by atoms with E-state index < -0.39 is 5.97 Å². The molecule has 1 unspecified atom stereocenters. The number of hydrogen-bond donors (Lipinski definition) is 2. The number of carbonyl (C=O) groups is 1. The van der Waals surface area contributed by atoms with E-state index in [1.54, 1.807) is 0 Å². The quantitative estimate of drug-likeness (QED) is 0.639. The van der Waals surface area contributed by atoms with E-state index in [1.165, 1.54) is 0 Å². The Labute approximate surface area is 78.1 Å². The van der Waals surface area contributed by atoms with Gasteiger partial charge in [0.15, 0.2) is 0 Å². The molecule has 0 bridgehead atoms. The Morgan fingerprint density at radius 2 is 2.23 bits per heavy atom. The summed E-state index contributed by atoms with van der Waals surface area (Å²) in [6, 6.07) is 0. The molecule has 3 N–H and O–H groups in total. The zero-order valence-corrected chi connectivity index (χ0v) is 8.00. The molecule has 0 amide bonds. The minimum Gasteiger partial charge on any atom is -0.481 e. The Kier molecular flexibility index (Phi) is 6.49. The van der Waals surface area contributed by atoms with Crippen LogP contribution in [0.15, 0.2) is 0 Å². The molecule has 0 spiro atoms. The van der Waals surface area contributed by atoms with Gasteiger partial charge in [0, 0.05) is 6.42 Å². The Bertz CT molecular complexity index is 153. The minimum atomic E-state index is -0.831. The Balaban J connectivity index is 3.75. The van der Waals surface area contributed by atoms with Crippen LogP contribution < -0.4 is 5.73 Å². The summed E-state index contributed by atoms with van der Waals surface area (Å²) in [6.07, 6.45) is 1.29. The fourth-order valence-electron chi connectivity index (χ4n) is 1.38. The van der Waals surface area contributed by atoms with Crippen molar-refractivity contribution in [1.29, 1.82) is 0 Å². The molecule has 0 aliphatic rings. The first-order valence-electron chi connectivity index (χ1n) is 4.58. The summed E-state index contributed by atoms with van der Waals surface area (Å²) in [5.41, 5.74) is 5.41. The lowest BCUT2D eigenvalue weighted by molar-refractivity contribution is -0.138.